The molecule has 0 amide bonds. The molecular weight excluding hydrogens is 132 g/mol. The van der Waals surface area contributed by atoms with Crippen LogP contribution >= 0.6 is 0 Å². The van der Waals surface area contributed by atoms with Gasteiger partial charge in [-0.05, 0) is 31.6 Å². The summed E-state index contributed by atoms with van der Waals surface area (Å²) in [5.74, 6) is 1.79. The third-order valence-electron chi connectivity index (χ3n) is 2.95. The zero-order chi connectivity index (χ0) is 8.27. The first-order chi connectivity index (χ1) is 5.20. The van der Waals surface area contributed by atoms with E-state index in [1.807, 2.05) is 0 Å². The minimum atomic E-state index is 0.833. The van der Waals surface area contributed by atoms with Crippen LogP contribution in [-0.2, 0) is 0 Å². The highest BCUT2D eigenvalue weighted by Gasteiger charge is 2.15. The molecule has 1 saturated carbocycles. The summed E-state index contributed by atoms with van der Waals surface area (Å²) in [6, 6.07) is 0. The van der Waals surface area contributed by atoms with Gasteiger partial charge in [0.1, 0.15) is 0 Å². The predicted octanol–water partition coefficient (Wildman–Crippen LogP) is 3.78. The van der Waals surface area contributed by atoms with Gasteiger partial charge in [0, 0.05) is 0 Å². The van der Waals surface area contributed by atoms with Crippen LogP contribution in [0.2, 0.25) is 0 Å². The Morgan fingerprint density at radius 1 is 1.18 bits per heavy atom. The topological polar surface area (TPSA) is 0 Å². The van der Waals surface area contributed by atoms with Crippen molar-refractivity contribution in [2.45, 2.75) is 46.0 Å². The smallest absolute Gasteiger partial charge is 0.0209 e. The fraction of sp³-hybridized carbons (Fsp3) is 0.818. The summed E-state index contributed by atoms with van der Waals surface area (Å²) >= 11 is 0. The normalized spacial score (nSPS) is 32.9. The summed E-state index contributed by atoms with van der Waals surface area (Å²) in [4.78, 5) is 0. The van der Waals surface area contributed by atoms with Gasteiger partial charge in [-0.2, -0.15) is 0 Å². The Bertz CT molecular complexity index is 135. The van der Waals surface area contributed by atoms with E-state index in [1.54, 1.807) is 0 Å². The number of allylic oxidation sites excluding steroid dienone is 1. The molecule has 0 aromatic rings. The van der Waals surface area contributed by atoms with Gasteiger partial charge in [-0.15, -0.1) is 0 Å². The van der Waals surface area contributed by atoms with Crippen LogP contribution in [0.25, 0.3) is 0 Å². The summed E-state index contributed by atoms with van der Waals surface area (Å²) in [5.41, 5.74) is 1.40. The quantitative estimate of drug-likeness (QED) is 0.396. The highest BCUT2D eigenvalue weighted by atomic mass is 14.2. The van der Waals surface area contributed by atoms with Crippen molar-refractivity contribution < 1.29 is 0 Å². The molecule has 2 unspecified atom stereocenters. The van der Waals surface area contributed by atoms with Crippen LogP contribution in [0.4, 0.5) is 0 Å². The van der Waals surface area contributed by atoms with Gasteiger partial charge >= 0.3 is 0 Å². The Hall–Kier alpha value is -0.260. The zero-order valence-electron chi connectivity index (χ0n) is 7.90. The Morgan fingerprint density at radius 3 is 2.55 bits per heavy atom. The molecule has 0 aliphatic heterocycles. The first-order valence-corrected chi connectivity index (χ1v) is 4.85. The molecule has 0 heteroatoms. The largest absolute Gasteiger partial charge is 0.0999 e. The zero-order valence-corrected chi connectivity index (χ0v) is 7.90. The van der Waals surface area contributed by atoms with Crippen molar-refractivity contribution in [1.82, 2.24) is 0 Å². The Morgan fingerprint density at radius 2 is 1.91 bits per heavy atom. The monoisotopic (exact) mass is 152 g/mol. The summed E-state index contributed by atoms with van der Waals surface area (Å²) in [6.45, 7) is 8.60. The summed E-state index contributed by atoms with van der Waals surface area (Å²) in [7, 11) is 0. The van der Waals surface area contributed by atoms with Crippen molar-refractivity contribution in [3.8, 4) is 0 Å². The van der Waals surface area contributed by atoms with Crippen molar-refractivity contribution in [3.05, 3.63) is 12.2 Å². The molecule has 0 aromatic heterocycles. The maximum Gasteiger partial charge on any atom is -0.0209 e. The Balaban J connectivity index is 2.40. The van der Waals surface area contributed by atoms with E-state index >= 15 is 0 Å². The summed E-state index contributed by atoms with van der Waals surface area (Å²) in [5, 5.41) is 0. The highest BCUT2D eigenvalue weighted by molar-refractivity contribution is 4.96. The molecule has 0 N–H and O–H groups in total. The SMILES string of the molecule is C=C(C)C1CCCC(C)CC1. The second-order valence-electron chi connectivity index (χ2n) is 4.16. The molecule has 11 heavy (non-hydrogen) atoms. The predicted molar refractivity (Wildman–Crippen MR) is 50.6 cm³/mol. The molecule has 2 atom stereocenters. The molecule has 1 aliphatic carbocycles. The summed E-state index contributed by atoms with van der Waals surface area (Å²) < 4.78 is 0. The standard InChI is InChI=1S/C11H20/c1-9(2)11-6-4-5-10(3)7-8-11/h10-11H,1,4-8H2,2-3H3. The molecule has 0 bridgehead atoms. The summed E-state index contributed by atoms with van der Waals surface area (Å²) in [6.07, 6.45) is 7.04. The molecule has 0 nitrogen and oxygen atoms in total. The van der Waals surface area contributed by atoms with E-state index < -0.39 is 0 Å². The maximum atomic E-state index is 4.05. The lowest BCUT2D eigenvalue weighted by Crippen LogP contribution is -1.99. The number of rotatable bonds is 1. The highest BCUT2D eigenvalue weighted by Crippen LogP contribution is 2.30. The van der Waals surface area contributed by atoms with Gasteiger partial charge in [0.25, 0.3) is 0 Å². The van der Waals surface area contributed by atoms with Crippen LogP contribution < -0.4 is 0 Å². The number of hydrogen-bond donors (Lipinski definition) is 0. The van der Waals surface area contributed by atoms with Gasteiger partial charge in [0.2, 0.25) is 0 Å². The van der Waals surface area contributed by atoms with E-state index in [9.17, 15) is 0 Å². The van der Waals surface area contributed by atoms with E-state index in [1.165, 1.54) is 37.7 Å². The Kier molecular flexibility index (Phi) is 3.16. The minimum absolute atomic E-state index is 0.833. The molecule has 0 aromatic carbocycles. The third-order valence-corrected chi connectivity index (χ3v) is 2.95. The van der Waals surface area contributed by atoms with Gasteiger partial charge in [0.15, 0.2) is 0 Å². The molecule has 64 valence electrons. The molecule has 0 spiro atoms. The third kappa shape index (κ3) is 2.69. The van der Waals surface area contributed by atoms with Crippen LogP contribution in [-0.4, -0.2) is 0 Å². The van der Waals surface area contributed by atoms with Crippen LogP contribution in [0.1, 0.15) is 46.0 Å². The molecule has 1 rings (SSSR count). The fourth-order valence-corrected chi connectivity index (χ4v) is 1.98. The molecule has 1 aliphatic rings. The van der Waals surface area contributed by atoms with Gasteiger partial charge in [0.05, 0.1) is 0 Å². The van der Waals surface area contributed by atoms with Gasteiger partial charge in [-0.25, -0.2) is 0 Å². The van der Waals surface area contributed by atoms with Crippen LogP contribution in [0.5, 0.6) is 0 Å². The fourth-order valence-electron chi connectivity index (χ4n) is 1.98. The molecule has 0 radical (unpaired) electrons. The van der Waals surface area contributed by atoms with Gasteiger partial charge in [-0.3, -0.25) is 0 Å². The van der Waals surface area contributed by atoms with Gasteiger partial charge in [-0.1, -0.05) is 38.3 Å². The minimum Gasteiger partial charge on any atom is -0.0999 e. The first-order valence-electron chi connectivity index (χ1n) is 4.85. The van der Waals surface area contributed by atoms with Crippen molar-refractivity contribution in [1.29, 1.82) is 0 Å². The maximum absolute atomic E-state index is 4.05. The van der Waals surface area contributed by atoms with E-state index in [2.05, 4.69) is 20.4 Å². The lowest BCUT2D eigenvalue weighted by atomic mass is 9.93. The lowest BCUT2D eigenvalue weighted by molar-refractivity contribution is 0.488. The second kappa shape index (κ2) is 3.94. The average Bonchev–Trinajstić information content (AvgIpc) is 2.13. The van der Waals surface area contributed by atoms with E-state index in [-0.39, 0.29) is 0 Å². The van der Waals surface area contributed by atoms with Crippen LogP contribution in [0, 0.1) is 11.8 Å². The van der Waals surface area contributed by atoms with Crippen LogP contribution in [0.15, 0.2) is 12.2 Å². The second-order valence-corrected chi connectivity index (χ2v) is 4.16. The van der Waals surface area contributed by atoms with E-state index in [4.69, 9.17) is 0 Å². The Labute approximate surface area is 70.7 Å². The number of hydrogen-bond acceptors (Lipinski definition) is 0. The molecule has 0 heterocycles. The van der Waals surface area contributed by atoms with E-state index in [0.29, 0.717) is 0 Å². The molecular formula is C11H20. The molecule has 0 saturated heterocycles. The van der Waals surface area contributed by atoms with Crippen molar-refractivity contribution in [2.24, 2.45) is 11.8 Å². The van der Waals surface area contributed by atoms with Crippen LogP contribution in [0.3, 0.4) is 0 Å². The molecule has 1 fully saturated rings. The average molecular weight is 152 g/mol. The van der Waals surface area contributed by atoms with Gasteiger partial charge < -0.3 is 0 Å². The lowest BCUT2D eigenvalue weighted by Gasteiger charge is -2.12. The first kappa shape index (κ1) is 8.83. The van der Waals surface area contributed by atoms with Crippen molar-refractivity contribution in [2.75, 3.05) is 0 Å². The van der Waals surface area contributed by atoms with E-state index in [0.717, 1.165) is 11.8 Å². The van der Waals surface area contributed by atoms with Crippen molar-refractivity contribution >= 4 is 0 Å². The van der Waals surface area contributed by atoms with Crippen molar-refractivity contribution in [3.63, 3.8) is 0 Å².